The number of carbonyl (C=O) groups excluding carboxylic acids is 2. The molecule has 1 saturated heterocycles. The Morgan fingerprint density at radius 3 is 2.68 bits per heavy atom. The first-order valence-electron chi connectivity index (χ1n) is 10.9. The van der Waals surface area contributed by atoms with Gasteiger partial charge in [-0.15, -0.1) is 21.5 Å². The maximum Gasteiger partial charge on any atom is 0.264 e. The second-order valence-corrected chi connectivity index (χ2v) is 9.05. The van der Waals surface area contributed by atoms with Crippen LogP contribution in [0.3, 0.4) is 0 Å². The zero-order valence-corrected chi connectivity index (χ0v) is 18.1. The van der Waals surface area contributed by atoms with Crippen molar-refractivity contribution in [1.29, 1.82) is 0 Å². The van der Waals surface area contributed by atoms with E-state index in [0.717, 1.165) is 55.1 Å². The van der Waals surface area contributed by atoms with Gasteiger partial charge in [0.25, 0.3) is 5.91 Å². The van der Waals surface area contributed by atoms with Crippen LogP contribution in [0.5, 0.6) is 0 Å². The Balaban J connectivity index is 1.28. The Bertz CT molecular complexity index is 1070. The van der Waals surface area contributed by atoms with E-state index in [4.69, 9.17) is 0 Å². The molecule has 0 saturated carbocycles. The lowest BCUT2D eigenvalue weighted by atomic mass is 10.1. The number of aromatic nitrogens is 3. The zero-order chi connectivity index (χ0) is 21.2. The maximum absolute atomic E-state index is 12.9. The summed E-state index contributed by atoms with van der Waals surface area (Å²) in [4.78, 5) is 28.0. The third-order valence-corrected chi connectivity index (χ3v) is 6.93. The van der Waals surface area contributed by atoms with Gasteiger partial charge in [-0.2, -0.15) is 0 Å². The van der Waals surface area contributed by atoms with Crippen molar-refractivity contribution in [1.82, 2.24) is 19.7 Å². The lowest BCUT2D eigenvalue weighted by molar-refractivity contribution is -0.119. The van der Waals surface area contributed by atoms with Crippen molar-refractivity contribution in [2.45, 2.75) is 51.1 Å². The SMILES string of the molecule is O=C(Nc1ccc(-c2nnc3n2CCCCC3)cc1)[C@@H]1CCCN1C(=O)c1cccs1. The summed E-state index contributed by atoms with van der Waals surface area (Å²) in [6.07, 6.45) is 6.04. The van der Waals surface area contributed by atoms with Crippen molar-refractivity contribution in [2.24, 2.45) is 0 Å². The van der Waals surface area contributed by atoms with Crippen LogP contribution in [0.1, 0.15) is 47.6 Å². The van der Waals surface area contributed by atoms with Gasteiger partial charge in [-0.3, -0.25) is 9.59 Å². The molecule has 0 aliphatic carbocycles. The lowest BCUT2D eigenvalue weighted by Gasteiger charge is -2.23. The number of nitrogens with one attached hydrogen (secondary N) is 1. The Labute approximate surface area is 185 Å². The molecule has 2 amide bonds. The standard InChI is InChI=1S/C23H25N5O2S/c29-22(18-6-4-14-27(18)23(30)19-7-5-15-31-19)24-17-11-9-16(10-12-17)21-26-25-20-8-2-1-3-13-28(20)21/h5,7,9-12,15,18H,1-4,6,8,13-14H2,(H,24,29)/t18-/m0/s1. The average Bonchev–Trinajstić information content (AvgIpc) is 3.53. The van der Waals surface area contributed by atoms with E-state index in [1.807, 2.05) is 41.8 Å². The number of nitrogens with zero attached hydrogens (tertiary/aromatic N) is 4. The van der Waals surface area contributed by atoms with Gasteiger partial charge in [-0.05, 0) is 61.4 Å². The first-order chi connectivity index (χ1) is 15.2. The Kier molecular flexibility index (Phi) is 5.55. The van der Waals surface area contributed by atoms with Crippen molar-refractivity contribution in [3.8, 4) is 11.4 Å². The minimum Gasteiger partial charge on any atom is -0.326 e. The maximum atomic E-state index is 12.9. The van der Waals surface area contributed by atoms with Crippen LogP contribution in [0.25, 0.3) is 11.4 Å². The van der Waals surface area contributed by atoms with E-state index in [-0.39, 0.29) is 11.8 Å². The van der Waals surface area contributed by atoms with E-state index in [1.54, 1.807) is 4.90 Å². The number of hydrogen-bond acceptors (Lipinski definition) is 5. The molecule has 2 aliphatic heterocycles. The highest BCUT2D eigenvalue weighted by molar-refractivity contribution is 7.12. The van der Waals surface area contributed by atoms with Gasteiger partial charge in [-0.25, -0.2) is 0 Å². The summed E-state index contributed by atoms with van der Waals surface area (Å²) in [7, 11) is 0. The number of hydrogen-bond donors (Lipinski definition) is 1. The Morgan fingerprint density at radius 2 is 1.87 bits per heavy atom. The minimum atomic E-state index is -0.429. The number of fused-ring (bicyclic) bond motifs is 1. The van der Waals surface area contributed by atoms with E-state index in [0.29, 0.717) is 17.8 Å². The molecular weight excluding hydrogens is 410 g/mol. The molecule has 1 fully saturated rings. The summed E-state index contributed by atoms with van der Waals surface area (Å²) in [5, 5.41) is 13.6. The fraction of sp³-hybridized carbons (Fsp3) is 0.391. The van der Waals surface area contributed by atoms with Crippen LogP contribution in [0, 0.1) is 0 Å². The first-order valence-corrected chi connectivity index (χ1v) is 11.8. The van der Waals surface area contributed by atoms with Crippen molar-refractivity contribution in [2.75, 3.05) is 11.9 Å². The summed E-state index contributed by atoms with van der Waals surface area (Å²) in [5.74, 6) is 1.75. The molecule has 0 spiro atoms. The highest BCUT2D eigenvalue weighted by Gasteiger charge is 2.34. The second kappa shape index (κ2) is 8.63. The molecular formula is C23H25N5O2S. The second-order valence-electron chi connectivity index (χ2n) is 8.10. The topological polar surface area (TPSA) is 80.1 Å². The highest BCUT2D eigenvalue weighted by Crippen LogP contribution is 2.26. The molecule has 0 bridgehead atoms. The molecule has 7 nitrogen and oxygen atoms in total. The number of rotatable bonds is 4. The third-order valence-electron chi connectivity index (χ3n) is 6.07. The quantitative estimate of drug-likeness (QED) is 0.672. The van der Waals surface area contributed by atoms with Gasteiger partial charge in [-0.1, -0.05) is 12.5 Å². The number of amides is 2. The van der Waals surface area contributed by atoms with Gasteiger partial charge >= 0.3 is 0 Å². The van der Waals surface area contributed by atoms with E-state index < -0.39 is 6.04 Å². The Morgan fingerprint density at radius 1 is 1.00 bits per heavy atom. The van der Waals surface area contributed by atoms with Crippen LogP contribution < -0.4 is 5.32 Å². The molecule has 4 heterocycles. The van der Waals surface area contributed by atoms with Crippen molar-refractivity contribution >= 4 is 28.8 Å². The van der Waals surface area contributed by atoms with Crippen LogP contribution in [-0.2, 0) is 17.8 Å². The van der Waals surface area contributed by atoms with Crippen molar-refractivity contribution < 1.29 is 9.59 Å². The van der Waals surface area contributed by atoms with Crippen LogP contribution in [0.4, 0.5) is 5.69 Å². The molecule has 1 atom stereocenters. The molecule has 160 valence electrons. The van der Waals surface area contributed by atoms with Crippen molar-refractivity contribution in [3.63, 3.8) is 0 Å². The smallest absolute Gasteiger partial charge is 0.264 e. The zero-order valence-electron chi connectivity index (χ0n) is 17.3. The predicted octanol–water partition coefficient (Wildman–Crippen LogP) is 3.98. The predicted molar refractivity (Wildman–Crippen MR) is 120 cm³/mol. The molecule has 2 aliphatic rings. The van der Waals surface area contributed by atoms with Crippen LogP contribution >= 0.6 is 11.3 Å². The summed E-state index contributed by atoms with van der Waals surface area (Å²) in [6.45, 7) is 1.57. The highest BCUT2D eigenvalue weighted by atomic mass is 32.1. The summed E-state index contributed by atoms with van der Waals surface area (Å²) in [5.41, 5.74) is 1.72. The number of thiophene rings is 1. The van der Waals surface area contributed by atoms with E-state index in [9.17, 15) is 9.59 Å². The third kappa shape index (κ3) is 3.99. The van der Waals surface area contributed by atoms with E-state index >= 15 is 0 Å². The van der Waals surface area contributed by atoms with E-state index in [2.05, 4.69) is 20.1 Å². The normalized spacial score (nSPS) is 18.5. The first kappa shape index (κ1) is 19.9. The Hall–Kier alpha value is -3.00. The van der Waals surface area contributed by atoms with Crippen molar-refractivity contribution in [3.05, 3.63) is 52.5 Å². The van der Waals surface area contributed by atoms with Crippen LogP contribution in [0.15, 0.2) is 41.8 Å². The van der Waals surface area contributed by atoms with Gasteiger partial charge < -0.3 is 14.8 Å². The van der Waals surface area contributed by atoms with Crippen LogP contribution in [-0.4, -0.2) is 44.1 Å². The number of likely N-dealkylation sites (tertiary alicyclic amines) is 1. The van der Waals surface area contributed by atoms with E-state index in [1.165, 1.54) is 17.8 Å². The molecule has 0 unspecified atom stereocenters. The molecule has 5 rings (SSSR count). The summed E-state index contributed by atoms with van der Waals surface area (Å²) in [6, 6.07) is 11.0. The summed E-state index contributed by atoms with van der Waals surface area (Å²) < 4.78 is 2.22. The largest absolute Gasteiger partial charge is 0.326 e. The minimum absolute atomic E-state index is 0.0597. The molecule has 2 aromatic heterocycles. The monoisotopic (exact) mass is 435 g/mol. The fourth-order valence-electron chi connectivity index (χ4n) is 4.45. The van der Waals surface area contributed by atoms with Crippen LogP contribution in [0.2, 0.25) is 0 Å². The molecule has 3 aromatic rings. The average molecular weight is 436 g/mol. The van der Waals surface area contributed by atoms with Gasteiger partial charge in [0.1, 0.15) is 11.9 Å². The molecule has 0 radical (unpaired) electrons. The molecule has 1 N–H and O–H groups in total. The van der Waals surface area contributed by atoms with Gasteiger partial charge in [0.2, 0.25) is 5.91 Å². The van der Waals surface area contributed by atoms with Gasteiger partial charge in [0.05, 0.1) is 4.88 Å². The number of carbonyl (C=O) groups is 2. The van der Waals surface area contributed by atoms with Gasteiger partial charge in [0, 0.05) is 30.8 Å². The fourth-order valence-corrected chi connectivity index (χ4v) is 5.13. The lowest BCUT2D eigenvalue weighted by Crippen LogP contribution is -2.42. The number of benzene rings is 1. The molecule has 31 heavy (non-hydrogen) atoms. The number of aryl methyl sites for hydroxylation is 1. The summed E-state index contributed by atoms with van der Waals surface area (Å²) >= 11 is 1.41. The number of anilines is 1. The molecule has 8 heteroatoms. The van der Waals surface area contributed by atoms with Gasteiger partial charge in [0.15, 0.2) is 5.82 Å². The molecule has 1 aromatic carbocycles.